The number of pyridine rings is 1. The fraction of sp³-hybridized carbons (Fsp3) is 0.158. The smallest absolute Gasteiger partial charge is 0.256 e. The minimum Gasteiger partial charge on any atom is -0.319 e. The lowest BCUT2D eigenvalue weighted by Crippen LogP contribution is -2.12. The molecule has 7 nitrogen and oxygen atoms in total. The van der Waals surface area contributed by atoms with Crippen molar-refractivity contribution in [2.75, 3.05) is 5.32 Å². The highest BCUT2D eigenvalue weighted by Crippen LogP contribution is 2.20. The van der Waals surface area contributed by atoms with E-state index in [2.05, 4.69) is 20.5 Å². The predicted molar refractivity (Wildman–Crippen MR) is 104 cm³/mol. The largest absolute Gasteiger partial charge is 0.319 e. The number of carbonyl (C=O) groups is 1. The van der Waals surface area contributed by atoms with Gasteiger partial charge >= 0.3 is 0 Å². The van der Waals surface area contributed by atoms with Gasteiger partial charge in [0.25, 0.3) is 5.91 Å². The van der Waals surface area contributed by atoms with Crippen LogP contribution in [0.25, 0.3) is 11.0 Å². The molecule has 0 aliphatic heterocycles. The van der Waals surface area contributed by atoms with E-state index in [1.54, 1.807) is 41.1 Å². The summed E-state index contributed by atoms with van der Waals surface area (Å²) in [6, 6.07) is 9.36. The number of benzene rings is 1. The molecule has 8 heteroatoms. The highest BCUT2D eigenvalue weighted by atomic mass is 35.5. The SMILES string of the molecule is Cc1cc(C(=O)Nc2cnn(Cc3ccccc3Cl)c2)c2cnn(C)c2n1. The number of anilines is 1. The Balaban J connectivity index is 1.56. The Bertz CT molecular complexity index is 1150. The standard InChI is InChI=1S/C19H17ClN6O/c1-12-7-15(16-9-21-25(2)18(16)23-12)19(27)24-14-8-22-26(11-14)10-13-5-3-4-6-17(13)20/h3-9,11H,10H2,1-2H3,(H,24,27). The normalized spacial score (nSPS) is 11.1. The molecular formula is C19H17ClN6O. The number of carbonyl (C=O) groups excluding carboxylic acids is 1. The van der Waals surface area contributed by atoms with Crippen LogP contribution in [0.4, 0.5) is 5.69 Å². The number of rotatable bonds is 4. The first-order chi connectivity index (χ1) is 13.0. The maximum absolute atomic E-state index is 12.8. The van der Waals surface area contributed by atoms with Gasteiger partial charge in [-0.15, -0.1) is 0 Å². The Kier molecular flexibility index (Phi) is 4.37. The van der Waals surface area contributed by atoms with E-state index in [9.17, 15) is 4.79 Å². The Morgan fingerprint density at radius 2 is 2.04 bits per heavy atom. The second-order valence-electron chi connectivity index (χ2n) is 6.29. The number of hydrogen-bond donors (Lipinski definition) is 1. The van der Waals surface area contributed by atoms with Crippen LogP contribution in [0.15, 0.2) is 48.9 Å². The van der Waals surface area contributed by atoms with Crippen LogP contribution in [-0.4, -0.2) is 30.5 Å². The molecule has 1 amide bonds. The van der Waals surface area contributed by atoms with Crippen LogP contribution in [0.3, 0.4) is 0 Å². The summed E-state index contributed by atoms with van der Waals surface area (Å²) < 4.78 is 3.38. The van der Waals surface area contributed by atoms with Gasteiger partial charge in [0, 0.05) is 24.0 Å². The number of aryl methyl sites for hydroxylation is 2. The molecule has 27 heavy (non-hydrogen) atoms. The molecule has 1 aromatic carbocycles. The van der Waals surface area contributed by atoms with Crippen LogP contribution in [0.5, 0.6) is 0 Å². The molecular weight excluding hydrogens is 364 g/mol. The summed E-state index contributed by atoms with van der Waals surface area (Å²) in [5, 5.41) is 12.8. The van der Waals surface area contributed by atoms with Crippen LogP contribution in [0.1, 0.15) is 21.6 Å². The molecule has 1 N–H and O–H groups in total. The van der Waals surface area contributed by atoms with Crippen molar-refractivity contribution in [3.8, 4) is 0 Å². The summed E-state index contributed by atoms with van der Waals surface area (Å²) in [6.45, 7) is 2.38. The van der Waals surface area contributed by atoms with Gasteiger partial charge in [0.1, 0.15) is 0 Å². The number of hydrogen-bond acceptors (Lipinski definition) is 4. The van der Waals surface area contributed by atoms with Crippen LogP contribution >= 0.6 is 11.6 Å². The van der Waals surface area contributed by atoms with Gasteiger partial charge < -0.3 is 5.32 Å². The zero-order chi connectivity index (χ0) is 19.0. The zero-order valence-electron chi connectivity index (χ0n) is 14.8. The highest BCUT2D eigenvalue weighted by molar-refractivity contribution is 6.31. The third-order valence-corrected chi connectivity index (χ3v) is 4.63. The topological polar surface area (TPSA) is 77.6 Å². The lowest BCUT2D eigenvalue weighted by molar-refractivity contribution is 0.102. The van der Waals surface area contributed by atoms with Gasteiger partial charge in [0.15, 0.2) is 5.65 Å². The van der Waals surface area contributed by atoms with Gasteiger partial charge in [-0.1, -0.05) is 29.8 Å². The first-order valence-corrected chi connectivity index (χ1v) is 8.75. The van der Waals surface area contributed by atoms with Gasteiger partial charge in [0.05, 0.1) is 35.6 Å². The fourth-order valence-electron chi connectivity index (χ4n) is 2.94. The van der Waals surface area contributed by atoms with Gasteiger partial charge in [-0.05, 0) is 24.6 Å². The van der Waals surface area contributed by atoms with Crippen molar-refractivity contribution in [1.82, 2.24) is 24.5 Å². The van der Waals surface area contributed by atoms with E-state index in [1.165, 1.54) is 0 Å². The summed E-state index contributed by atoms with van der Waals surface area (Å²) in [6.07, 6.45) is 5.04. The second kappa shape index (κ2) is 6.85. The molecule has 0 aliphatic rings. The fourth-order valence-corrected chi connectivity index (χ4v) is 3.14. The second-order valence-corrected chi connectivity index (χ2v) is 6.70. The molecule has 0 spiro atoms. The van der Waals surface area contributed by atoms with Gasteiger partial charge in [-0.2, -0.15) is 10.2 Å². The van der Waals surface area contributed by atoms with Crippen molar-refractivity contribution in [2.45, 2.75) is 13.5 Å². The number of amides is 1. The average molecular weight is 381 g/mol. The highest BCUT2D eigenvalue weighted by Gasteiger charge is 2.15. The van der Waals surface area contributed by atoms with E-state index in [0.29, 0.717) is 33.9 Å². The minimum atomic E-state index is -0.226. The van der Waals surface area contributed by atoms with Crippen LogP contribution in [0.2, 0.25) is 5.02 Å². The summed E-state index contributed by atoms with van der Waals surface area (Å²) in [5.74, 6) is -0.226. The van der Waals surface area contributed by atoms with Crippen LogP contribution < -0.4 is 5.32 Å². The summed E-state index contributed by atoms with van der Waals surface area (Å²) in [7, 11) is 1.80. The van der Waals surface area contributed by atoms with Crippen molar-refractivity contribution in [3.63, 3.8) is 0 Å². The number of fused-ring (bicyclic) bond motifs is 1. The Labute approximate surface area is 160 Å². The summed E-state index contributed by atoms with van der Waals surface area (Å²) in [4.78, 5) is 17.2. The summed E-state index contributed by atoms with van der Waals surface area (Å²) in [5.41, 5.74) is 3.53. The third kappa shape index (κ3) is 3.41. The van der Waals surface area contributed by atoms with E-state index in [0.717, 1.165) is 11.3 Å². The molecule has 0 radical (unpaired) electrons. The molecule has 0 fully saturated rings. The lowest BCUT2D eigenvalue weighted by Gasteiger charge is -2.06. The summed E-state index contributed by atoms with van der Waals surface area (Å²) >= 11 is 6.19. The van der Waals surface area contributed by atoms with Crippen molar-refractivity contribution >= 4 is 34.2 Å². The molecule has 0 bridgehead atoms. The van der Waals surface area contributed by atoms with Crippen molar-refractivity contribution in [2.24, 2.45) is 7.05 Å². The van der Waals surface area contributed by atoms with E-state index in [1.807, 2.05) is 31.2 Å². The molecule has 4 aromatic rings. The van der Waals surface area contributed by atoms with Crippen LogP contribution in [-0.2, 0) is 13.6 Å². The van der Waals surface area contributed by atoms with Crippen LogP contribution in [0, 0.1) is 6.92 Å². The average Bonchev–Trinajstić information content (AvgIpc) is 3.23. The van der Waals surface area contributed by atoms with Gasteiger partial charge in [-0.25, -0.2) is 4.98 Å². The van der Waals surface area contributed by atoms with Crippen molar-refractivity contribution < 1.29 is 4.79 Å². The number of aromatic nitrogens is 5. The zero-order valence-corrected chi connectivity index (χ0v) is 15.6. The third-order valence-electron chi connectivity index (χ3n) is 4.26. The molecule has 3 aromatic heterocycles. The van der Waals surface area contributed by atoms with E-state index >= 15 is 0 Å². The molecule has 0 unspecified atom stereocenters. The van der Waals surface area contributed by atoms with E-state index in [4.69, 9.17) is 11.6 Å². The Morgan fingerprint density at radius 3 is 2.85 bits per heavy atom. The van der Waals surface area contributed by atoms with E-state index < -0.39 is 0 Å². The van der Waals surface area contributed by atoms with E-state index in [-0.39, 0.29) is 5.91 Å². The number of halogens is 1. The molecule has 0 aliphatic carbocycles. The maximum Gasteiger partial charge on any atom is 0.256 e. The minimum absolute atomic E-state index is 0.226. The molecule has 0 saturated carbocycles. The molecule has 0 saturated heterocycles. The van der Waals surface area contributed by atoms with Crippen molar-refractivity contribution in [3.05, 3.63) is 70.8 Å². The monoisotopic (exact) mass is 380 g/mol. The Morgan fingerprint density at radius 1 is 1.22 bits per heavy atom. The molecule has 3 heterocycles. The first kappa shape index (κ1) is 17.2. The molecule has 136 valence electrons. The Hall–Kier alpha value is -3.19. The lowest BCUT2D eigenvalue weighted by atomic mass is 10.1. The predicted octanol–water partition coefficient (Wildman–Crippen LogP) is 3.43. The first-order valence-electron chi connectivity index (χ1n) is 8.38. The molecule has 0 atom stereocenters. The van der Waals surface area contributed by atoms with Gasteiger partial charge in [-0.3, -0.25) is 14.2 Å². The van der Waals surface area contributed by atoms with Gasteiger partial charge in [0.2, 0.25) is 0 Å². The molecule has 4 rings (SSSR count). The quantitative estimate of drug-likeness (QED) is 0.588. The maximum atomic E-state index is 12.8. The van der Waals surface area contributed by atoms with Crippen molar-refractivity contribution in [1.29, 1.82) is 0 Å². The number of nitrogens with one attached hydrogen (secondary N) is 1. The number of nitrogens with zero attached hydrogens (tertiary/aromatic N) is 5.